The van der Waals surface area contributed by atoms with Crippen LogP contribution in [0.25, 0.3) is 6.08 Å². The highest BCUT2D eigenvalue weighted by Crippen LogP contribution is 2.33. The molecule has 0 spiro atoms. The van der Waals surface area contributed by atoms with Crippen LogP contribution in [0.3, 0.4) is 0 Å². The van der Waals surface area contributed by atoms with Crippen molar-refractivity contribution in [3.05, 3.63) is 59.8 Å². The number of amides is 4. The van der Waals surface area contributed by atoms with E-state index in [0.717, 1.165) is 4.90 Å². The Labute approximate surface area is 174 Å². The van der Waals surface area contributed by atoms with Gasteiger partial charge < -0.3 is 20.1 Å². The first kappa shape index (κ1) is 20.9. The number of urea groups is 1. The van der Waals surface area contributed by atoms with Crippen molar-refractivity contribution >= 4 is 29.6 Å². The standard InChI is InChI=1S/C22H23N3O5/c1-3-12-25-21(27)17(24-22(25)28)13-15-8-7-11-18(29-2)20(15)30-14-19(26)23-16-9-5-4-6-10-16/h4-11,13H,3,12,14H2,1-2H3,(H,23,26)(H,24,28)/b17-13+. The topological polar surface area (TPSA) is 97.0 Å². The summed E-state index contributed by atoms with van der Waals surface area (Å²) >= 11 is 0. The number of nitrogens with zero attached hydrogens (tertiary/aromatic N) is 1. The van der Waals surface area contributed by atoms with Crippen LogP contribution in [0.4, 0.5) is 10.5 Å². The van der Waals surface area contributed by atoms with Crippen LogP contribution in [0.5, 0.6) is 11.5 Å². The molecule has 0 bridgehead atoms. The van der Waals surface area contributed by atoms with Gasteiger partial charge in [0.05, 0.1) is 7.11 Å². The smallest absolute Gasteiger partial charge is 0.329 e. The minimum atomic E-state index is -0.458. The molecule has 2 N–H and O–H groups in total. The molecular weight excluding hydrogens is 386 g/mol. The molecular formula is C22H23N3O5. The molecule has 156 valence electrons. The van der Waals surface area contributed by atoms with E-state index in [1.165, 1.54) is 13.2 Å². The molecule has 8 nitrogen and oxygen atoms in total. The number of imide groups is 1. The fourth-order valence-corrected chi connectivity index (χ4v) is 2.97. The first-order chi connectivity index (χ1) is 14.5. The largest absolute Gasteiger partial charge is 0.493 e. The minimum Gasteiger partial charge on any atom is -0.493 e. The molecule has 0 saturated carbocycles. The first-order valence-electron chi connectivity index (χ1n) is 9.52. The number of benzene rings is 2. The van der Waals surface area contributed by atoms with Crippen molar-refractivity contribution in [2.75, 3.05) is 25.6 Å². The predicted octanol–water partition coefficient (Wildman–Crippen LogP) is 3.02. The molecule has 0 unspecified atom stereocenters. The van der Waals surface area contributed by atoms with E-state index < -0.39 is 11.9 Å². The summed E-state index contributed by atoms with van der Waals surface area (Å²) in [4.78, 5) is 37.9. The lowest BCUT2D eigenvalue weighted by Gasteiger charge is -2.14. The van der Waals surface area contributed by atoms with Crippen LogP contribution in [0.2, 0.25) is 0 Å². The van der Waals surface area contributed by atoms with Crippen molar-refractivity contribution in [2.45, 2.75) is 13.3 Å². The zero-order chi connectivity index (χ0) is 21.5. The van der Waals surface area contributed by atoms with E-state index in [1.807, 2.05) is 25.1 Å². The van der Waals surface area contributed by atoms with Crippen molar-refractivity contribution in [3.8, 4) is 11.5 Å². The van der Waals surface area contributed by atoms with Gasteiger partial charge in [0.25, 0.3) is 11.8 Å². The maximum Gasteiger partial charge on any atom is 0.329 e. The quantitative estimate of drug-likeness (QED) is 0.516. The van der Waals surface area contributed by atoms with Crippen molar-refractivity contribution in [3.63, 3.8) is 0 Å². The number of methoxy groups -OCH3 is 1. The Kier molecular flexibility index (Phi) is 6.69. The monoisotopic (exact) mass is 409 g/mol. The Balaban J connectivity index is 1.79. The number of rotatable bonds is 8. The molecule has 0 aliphatic carbocycles. The van der Waals surface area contributed by atoms with Crippen molar-refractivity contribution in [1.29, 1.82) is 0 Å². The van der Waals surface area contributed by atoms with Gasteiger partial charge >= 0.3 is 6.03 Å². The van der Waals surface area contributed by atoms with Gasteiger partial charge in [-0.2, -0.15) is 0 Å². The molecule has 1 aliphatic heterocycles. The fourth-order valence-electron chi connectivity index (χ4n) is 2.97. The van der Waals surface area contributed by atoms with Gasteiger partial charge in [-0.15, -0.1) is 0 Å². The molecule has 1 heterocycles. The summed E-state index contributed by atoms with van der Waals surface area (Å²) in [6, 6.07) is 13.7. The van der Waals surface area contributed by atoms with Crippen LogP contribution >= 0.6 is 0 Å². The molecule has 3 rings (SSSR count). The Hall–Kier alpha value is -3.81. The maximum absolute atomic E-state index is 12.5. The number of para-hydroxylation sites is 2. The highest BCUT2D eigenvalue weighted by molar-refractivity contribution is 6.14. The molecule has 1 fully saturated rings. The zero-order valence-electron chi connectivity index (χ0n) is 16.8. The van der Waals surface area contributed by atoms with Gasteiger partial charge in [0.15, 0.2) is 18.1 Å². The Morgan fingerprint density at radius 3 is 2.60 bits per heavy atom. The minimum absolute atomic E-state index is 0.139. The van der Waals surface area contributed by atoms with Gasteiger partial charge in [-0.25, -0.2) is 4.79 Å². The van der Waals surface area contributed by atoms with Crippen molar-refractivity contribution in [1.82, 2.24) is 10.2 Å². The summed E-state index contributed by atoms with van der Waals surface area (Å²) in [5, 5.41) is 5.31. The number of ether oxygens (including phenoxy) is 2. The van der Waals surface area contributed by atoms with E-state index in [0.29, 0.717) is 35.7 Å². The lowest BCUT2D eigenvalue weighted by atomic mass is 10.1. The lowest BCUT2D eigenvalue weighted by molar-refractivity contribution is -0.123. The highest BCUT2D eigenvalue weighted by Gasteiger charge is 2.33. The first-order valence-corrected chi connectivity index (χ1v) is 9.52. The average molecular weight is 409 g/mol. The normalized spacial score (nSPS) is 14.6. The van der Waals surface area contributed by atoms with E-state index in [2.05, 4.69) is 10.6 Å². The molecule has 1 aliphatic rings. The van der Waals surface area contributed by atoms with Crippen LogP contribution in [0.1, 0.15) is 18.9 Å². The average Bonchev–Trinajstić information content (AvgIpc) is 3.01. The number of hydrogen-bond donors (Lipinski definition) is 2. The Morgan fingerprint density at radius 1 is 1.13 bits per heavy atom. The van der Waals surface area contributed by atoms with E-state index in [1.54, 1.807) is 30.3 Å². The Bertz CT molecular complexity index is 972. The SMILES string of the molecule is CCCN1C(=O)N/C(=C/c2cccc(OC)c2OCC(=O)Nc2ccccc2)C1=O. The van der Waals surface area contributed by atoms with Crippen LogP contribution in [0.15, 0.2) is 54.2 Å². The van der Waals surface area contributed by atoms with Crippen LogP contribution in [-0.2, 0) is 9.59 Å². The molecule has 4 amide bonds. The number of carbonyl (C=O) groups excluding carboxylic acids is 3. The number of nitrogens with one attached hydrogen (secondary N) is 2. The number of hydrogen-bond acceptors (Lipinski definition) is 5. The summed E-state index contributed by atoms with van der Waals surface area (Å²) in [5.74, 6) is -0.0479. The van der Waals surface area contributed by atoms with E-state index in [-0.39, 0.29) is 18.2 Å². The third kappa shape index (κ3) is 4.78. The summed E-state index contributed by atoms with van der Waals surface area (Å²) in [5.41, 5.74) is 1.30. The van der Waals surface area contributed by atoms with Crippen molar-refractivity contribution < 1.29 is 23.9 Å². The second-order valence-corrected chi connectivity index (χ2v) is 6.53. The number of anilines is 1. The molecule has 1 saturated heterocycles. The van der Waals surface area contributed by atoms with Crippen LogP contribution in [0, 0.1) is 0 Å². The van der Waals surface area contributed by atoms with E-state index in [9.17, 15) is 14.4 Å². The van der Waals surface area contributed by atoms with Crippen LogP contribution < -0.4 is 20.1 Å². The van der Waals surface area contributed by atoms with Crippen molar-refractivity contribution in [2.24, 2.45) is 0 Å². The molecule has 0 aromatic heterocycles. The maximum atomic E-state index is 12.5. The van der Waals surface area contributed by atoms with Gasteiger partial charge in [0.1, 0.15) is 5.70 Å². The predicted molar refractivity (Wildman–Crippen MR) is 112 cm³/mol. The van der Waals surface area contributed by atoms with E-state index >= 15 is 0 Å². The molecule has 30 heavy (non-hydrogen) atoms. The third-order valence-corrected chi connectivity index (χ3v) is 4.34. The summed E-state index contributed by atoms with van der Waals surface area (Å²) in [7, 11) is 1.48. The highest BCUT2D eigenvalue weighted by atomic mass is 16.5. The fraction of sp³-hybridized carbons (Fsp3) is 0.227. The Morgan fingerprint density at radius 2 is 1.90 bits per heavy atom. The van der Waals surface area contributed by atoms with Gasteiger partial charge in [0, 0.05) is 17.8 Å². The second-order valence-electron chi connectivity index (χ2n) is 6.53. The molecule has 2 aromatic rings. The third-order valence-electron chi connectivity index (χ3n) is 4.34. The van der Waals surface area contributed by atoms with Gasteiger partial charge in [-0.3, -0.25) is 14.5 Å². The van der Waals surface area contributed by atoms with Crippen LogP contribution in [-0.4, -0.2) is 43.0 Å². The lowest BCUT2D eigenvalue weighted by Crippen LogP contribution is -2.31. The molecule has 8 heteroatoms. The summed E-state index contributed by atoms with van der Waals surface area (Å²) in [6.07, 6.45) is 2.18. The molecule has 0 atom stereocenters. The summed E-state index contributed by atoms with van der Waals surface area (Å²) < 4.78 is 11.1. The molecule has 0 radical (unpaired) electrons. The van der Waals surface area contributed by atoms with Gasteiger partial charge in [0.2, 0.25) is 0 Å². The molecule has 2 aromatic carbocycles. The van der Waals surface area contributed by atoms with Gasteiger partial charge in [-0.1, -0.05) is 37.3 Å². The summed E-state index contributed by atoms with van der Waals surface area (Å²) in [6.45, 7) is 1.97. The van der Waals surface area contributed by atoms with E-state index in [4.69, 9.17) is 9.47 Å². The second kappa shape index (κ2) is 9.60. The number of carbonyl (C=O) groups is 3. The zero-order valence-corrected chi connectivity index (χ0v) is 16.8. The van der Waals surface area contributed by atoms with Gasteiger partial charge in [-0.05, 0) is 30.7 Å².